The van der Waals surface area contributed by atoms with E-state index >= 15 is 0 Å². The van der Waals surface area contributed by atoms with Crippen molar-refractivity contribution in [3.63, 3.8) is 0 Å². The number of hydrogen-bond acceptors (Lipinski definition) is 6. The first-order valence-electron chi connectivity index (χ1n) is 9.59. The summed E-state index contributed by atoms with van der Waals surface area (Å²) in [5.41, 5.74) is -0.0832. The lowest BCUT2D eigenvalue weighted by Crippen LogP contribution is -2.45. The van der Waals surface area contributed by atoms with Crippen LogP contribution in [-0.4, -0.2) is 50.1 Å². The second-order valence-corrected chi connectivity index (χ2v) is 7.61. The Balaban J connectivity index is 0.00000256. The van der Waals surface area contributed by atoms with E-state index in [-0.39, 0.29) is 49.6 Å². The van der Waals surface area contributed by atoms with Crippen LogP contribution in [-0.2, 0) is 0 Å². The molecular formula is C17H22F5N5OS. The molecule has 2 saturated carbocycles. The standard InChI is InChI=1S/C17H20F5N5O.H2S/c18-12-10(2-1-3-11(12)28)13-25-14(23-8-4-16(19,20)5-8)27-15(26-13)24-9-6-17(21,22)7-9;/h8-9,11,28H,1-7H2,(H2,23,24,25,26,27);1H2/t11-;/m0./s1/i11D;. The van der Waals surface area contributed by atoms with Crippen molar-refractivity contribution in [2.45, 2.75) is 75.0 Å². The van der Waals surface area contributed by atoms with Crippen molar-refractivity contribution in [2.24, 2.45) is 0 Å². The molecule has 12 heteroatoms. The Kier molecular flexibility index (Phi) is 5.58. The molecule has 3 N–H and O–H groups in total. The van der Waals surface area contributed by atoms with Gasteiger partial charge in [0.25, 0.3) is 11.8 Å². The van der Waals surface area contributed by atoms with Crippen molar-refractivity contribution < 1.29 is 28.4 Å². The number of nitrogens with zero attached hydrogens (tertiary/aromatic N) is 3. The van der Waals surface area contributed by atoms with Gasteiger partial charge in [-0.1, -0.05) is 0 Å². The smallest absolute Gasteiger partial charge is 0.252 e. The summed E-state index contributed by atoms with van der Waals surface area (Å²) >= 11 is 0. The van der Waals surface area contributed by atoms with Gasteiger partial charge in [0.05, 0.1) is 1.37 Å². The molecule has 0 saturated heterocycles. The third-order valence-electron chi connectivity index (χ3n) is 5.11. The van der Waals surface area contributed by atoms with Gasteiger partial charge in [-0.25, -0.2) is 22.0 Å². The Morgan fingerprint density at radius 3 is 1.86 bits per heavy atom. The molecule has 1 heterocycles. The van der Waals surface area contributed by atoms with Gasteiger partial charge in [-0.3, -0.25) is 0 Å². The largest absolute Gasteiger partial charge is 0.386 e. The molecular weight excluding hydrogens is 417 g/mol. The molecule has 2 fully saturated rings. The van der Waals surface area contributed by atoms with Crippen molar-refractivity contribution in [1.82, 2.24) is 15.0 Å². The normalized spacial score (nSPS) is 29.2. The van der Waals surface area contributed by atoms with Crippen molar-refractivity contribution in [2.75, 3.05) is 10.6 Å². The maximum absolute atomic E-state index is 14.6. The number of alkyl halides is 4. The highest BCUT2D eigenvalue weighted by atomic mass is 32.1. The first-order chi connectivity index (χ1) is 13.4. The van der Waals surface area contributed by atoms with Crippen LogP contribution in [0.15, 0.2) is 5.83 Å². The van der Waals surface area contributed by atoms with Crippen LogP contribution in [0.5, 0.6) is 0 Å². The Bertz CT molecular complexity index is 796. The molecule has 162 valence electrons. The number of halogens is 5. The van der Waals surface area contributed by atoms with E-state index in [0.717, 1.165) is 0 Å². The fourth-order valence-corrected chi connectivity index (χ4v) is 3.57. The van der Waals surface area contributed by atoms with Gasteiger partial charge in [0, 0.05) is 43.3 Å². The summed E-state index contributed by atoms with van der Waals surface area (Å²) in [6.45, 7) is 0. The van der Waals surface area contributed by atoms with Gasteiger partial charge in [-0.15, -0.1) is 0 Å². The van der Waals surface area contributed by atoms with Crippen LogP contribution in [0, 0.1) is 0 Å². The Hall–Kier alpha value is -1.69. The zero-order valence-corrected chi connectivity index (χ0v) is 16.3. The summed E-state index contributed by atoms with van der Waals surface area (Å²) in [5, 5.41) is 15.3. The molecule has 1 aromatic rings. The molecule has 0 bridgehead atoms. The van der Waals surface area contributed by atoms with Crippen molar-refractivity contribution >= 4 is 31.0 Å². The fraction of sp³-hybridized carbons (Fsp3) is 0.706. The molecule has 6 nitrogen and oxygen atoms in total. The lowest BCUT2D eigenvalue weighted by atomic mass is 9.88. The first-order valence-corrected chi connectivity index (χ1v) is 9.09. The average molecular weight is 440 g/mol. The second kappa shape index (κ2) is 7.86. The number of anilines is 2. The number of aliphatic hydroxyl groups is 1. The monoisotopic (exact) mass is 440 g/mol. The van der Waals surface area contributed by atoms with Crippen molar-refractivity contribution in [3.05, 3.63) is 11.7 Å². The minimum atomic E-state index is -2.77. The maximum Gasteiger partial charge on any atom is 0.252 e. The molecule has 0 amide bonds. The molecule has 1 atom stereocenters. The van der Waals surface area contributed by atoms with Gasteiger partial charge >= 0.3 is 0 Å². The minimum Gasteiger partial charge on any atom is -0.386 e. The van der Waals surface area contributed by atoms with E-state index in [4.69, 9.17) is 1.37 Å². The van der Waals surface area contributed by atoms with Crippen LogP contribution in [0.2, 0.25) is 0 Å². The molecule has 4 rings (SSSR count). The number of rotatable bonds is 5. The highest BCUT2D eigenvalue weighted by molar-refractivity contribution is 7.59. The topological polar surface area (TPSA) is 83.0 Å². The second-order valence-electron chi connectivity index (χ2n) is 7.61. The Morgan fingerprint density at radius 1 is 0.931 bits per heavy atom. The molecule has 1 aromatic heterocycles. The quantitative estimate of drug-likeness (QED) is 0.607. The van der Waals surface area contributed by atoms with E-state index in [9.17, 15) is 27.1 Å². The maximum atomic E-state index is 14.6. The molecule has 0 radical (unpaired) electrons. The number of hydrogen-bond donors (Lipinski definition) is 3. The van der Waals surface area contributed by atoms with Gasteiger partial charge in [0.1, 0.15) is 11.9 Å². The van der Waals surface area contributed by atoms with Crippen LogP contribution >= 0.6 is 13.5 Å². The molecule has 3 aliphatic rings. The molecule has 0 aromatic carbocycles. The van der Waals surface area contributed by atoms with Gasteiger partial charge < -0.3 is 15.7 Å². The molecule has 0 spiro atoms. The van der Waals surface area contributed by atoms with Crippen LogP contribution in [0.1, 0.15) is 52.1 Å². The van der Waals surface area contributed by atoms with Crippen LogP contribution < -0.4 is 10.6 Å². The van der Waals surface area contributed by atoms with Crippen molar-refractivity contribution in [1.29, 1.82) is 0 Å². The highest BCUT2D eigenvalue weighted by Gasteiger charge is 2.46. The van der Waals surface area contributed by atoms with Crippen molar-refractivity contribution in [3.8, 4) is 0 Å². The lowest BCUT2D eigenvalue weighted by Gasteiger charge is -2.36. The van der Waals surface area contributed by atoms with E-state index < -0.39 is 61.5 Å². The zero-order valence-electron chi connectivity index (χ0n) is 16.3. The van der Waals surface area contributed by atoms with E-state index in [2.05, 4.69) is 25.6 Å². The fourth-order valence-electron chi connectivity index (χ4n) is 3.57. The first kappa shape index (κ1) is 20.6. The van der Waals surface area contributed by atoms with Gasteiger partial charge in [0.15, 0.2) is 5.82 Å². The highest BCUT2D eigenvalue weighted by Crippen LogP contribution is 2.40. The predicted octanol–water partition coefficient (Wildman–Crippen LogP) is 3.63. The number of allylic oxidation sites excluding steroid dienone is 1. The summed E-state index contributed by atoms with van der Waals surface area (Å²) in [4.78, 5) is 12.2. The van der Waals surface area contributed by atoms with Crippen LogP contribution in [0.25, 0.3) is 5.57 Å². The third kappa shape index (κ3) is 4.90. The summed E-state index contributed by atoms with van der Waals surface area (Å²) < 4.78 is 74.6. The average Bonchev–Trinajstić information content (AvgIpc) is 2.54. The van der Waals surface area contributed by atoms with E-state index in [1.165, 1.54) is 0 Å². The van der Waals surface area contributed by atoms with E-state index in [1.807, 2.05) is 0 Å². The minimum absolute atomic E-state index is 0. The summed E-state index contributed by atoms with van der Waals surface area (Å²) in [7, 11) is 0. The SMILES string of the molecule is S.[2H][C@]1(O)CCCC(c2nc(NC3CC(F)(F)C3)nc(NC3CC(F)(F)C3)n2)=C1F. The molecule has 29 heavy (non-hydrogen) atoms. The van der Waals surface area contributed by atoms with Gasteiger partial charge in [0.2, 0.25) is 11.9 Å². The third-order valence-corrected chi connectivity index (χ3v) is 5.11. The summed E-state index contributed by atoms with van der Waals surface area (Å²) in [5.74, 6) is -6.98. The van der Waals surface area contributed by atoms with E-state index in [0.29, 0.717) is 6.42 Å². The zero-order chi connectivity index (χ0) is 21.0. The lowest BCUT2D eigenvalue weighted by molar-refractivity contribution is -0.0799. The molecule has 3 aliphatic carbocycles. The number of nitrogens with one attached hydrogen (secondary N) is 2. The predicted molar refractivity (Wildman–Crippen MR) is 101 cm³/mol. The van der Waals surface area contributed by atoms with Crippen LogP contribution in [0.4, 0.5) is 33.8 Å². The number of aromatic nitrogens is 3. The summed E-state index contributed by atoms with van der Waals surface area (Å²) in [6.07, 6.45) is -3.62. The Labute approximate surface area is 172 Å². The van der Waals surface area contributed by atoms with Gasteiger partial charge in [-0.05, 0) is 19.3 Å². The van der Waals surface area contributed by atoms with Gasteiger partial charge in [-0.2, -0.15) is 28.4 Å². The molecule has 0 unspecified atom stereocenters. The Morgan fingerprint density at radius 2 is 1.41 bits per heavy atom. The van der Waals surface area contributed by atoms with E-state index in [1.54, 1.807) is 0 Å². The molecule has 0 aliphatic heterocycles. The van der Waals surface area contributed by atoms with Crippen LogP contribution in [0.3, 0.4) is 0 Å². The summed E-state index contributed by atoms with van der Waals surface area (Å²) in [6, 6.07) is -1.17.